The molecule has 4 heterocycles. The van der Waals surface area contributed by atoms with Gasteiger partial charge in [-0.2, -0.15) is 0 Å². The van der Waals surface area contributed by atoms with Gasteiger partial charge in [-0.25, -0.2) is 0 Å². The summed E-state index contributed by atoms with van der Waals surface area (Å²) in [7, 11) is 0. The summed E-state index contributed by atoms with van der Waals surface area (Å²) in [6.07, 6.45) is 1.000. The first-order valence-corrected chi connectivity index (χ1v) is 12.0. The third kappa shape index (κ3) is 3.85. The zero-order valence-corrected chi connectivity index (χ0v) is 18.4. The van der Waals surface area contributed by atoms with Crippen LogP contribution < -0.4 is 14.8 Å². The first-order valence-electron chi connectivity index (χ1n) is 10.2. The van der Waals surface area contributed by atoms with Crippen molar-refractivity contribution in [2.45, 2.75) is 25.4 Å². The third-order valence-electron chi connectivity index (χ3n) is 5.67. The van der Waals surface area contributed by atoms with Crippen molar-refractivity contribution < 1.29 is 14.3 Å². The number of hydrogen-bond donors (Lipinski definition) is 1. The van der Waals surface area contributed by atoms with E-state index in [-0.39, 0.29) is 18.0 Å². The molecule has 2 aliphatic heterocycles. The highest BCUT2D eigenvalue weighted by Gasteiger charge is 2.31. The second-order valence-corrected chi connectivity index (χ2v) is 9.61. The van der Waals surface area contributed by atoms with E-state index in [1.165, 1.54) is 15.3 Å². The molecule has 0 aliphatic carbocycles. The molecule has 0 spiro atoms. The number of amides is 1. The molecule has 3 aromatic rings. The molecule has 0 radical (unpaired) electrons. The molecule has 2 atom stereocenters. The molecule has 1 N–H and O–H groups in total. The van der Waals surface area contributed by atoms with Gasteiger partial charge in [-0.15, -0.1) is 22.7 Å². The lowest BCUT2D eigenvalue weighted by Gasteiger charge is -2.35. The highest BCUT2D eigenvalue weighted by molar-refractivity contribution is 7.10. The summed E-state index contributed by atoms with van der Waals surface area (Å²) < 4.78 is 11.3. The molecule has 0 saturated carbocycles. The van der Waals surface area contributed by atoms with Crippen LogP contribution in [-0.4, -0.2) is 37.1 Å². The Morgan fingerprint density at radius 3 is 2.87 bits per heavy atom. The predicted molar refractivity (Wildman–Crippen MR) is 120 cm³/mol. The van der Waals surface area contributed by atoms with Crippen molar-refractivity contribution >= 4 is 28.6 Å². The van der Waals surface area contributed by atoms with Gasteiger partial charge in [0, 0.05) is 16.3 Å². The maximum Gasteiger partial charge on any atom is 0.234 e. The molecule has 0 fully saturated rings. The highest BCUT2D eigenvalue weighted by Crippen LogP contribution is 2.39. The van der Waals surface area contributed by atoms with Crippen LogP contribution in [0.3, 0.4) is 0 Å². The number of rotatable bonds is 5. The zero-order valence-electron chi connectivity index (χ0n) is 16.8. The van der Waals surface area contributed by atoms with Gasteiger partial charge in [0.05, 0.1) is 18.6 Å². The van der Waals surface area contributed by atoms with Crippen molar-refractivity contribution in [2.24, 2.45) is 0 Å². The van der Waals surface area contributed by atoms with Crippen molar-refractivity contribution in [2.75, 3.05) is 26.3 Å². The van der Waals surface area contributed by atoms with Gasteiger partial charge in [0.1, 0.15) is 13.2 Å². The summed E-state index contributed by atoms with van der Waals surface area (Å²) >= 11 is 3.58. The molecule has 30 heavy (non-hydrogen) atoms. The Hall–Kier alpha value is -2.35. The quantitative estimate of drug-likeness (QED) is 0.639. The molecule has 1 aromatic carbocycles. The number of carbonyl (C=O) groups excluding carboxylic acids is 1. The fraction of sp³-hybridized carbons (Fsp3) is 0.348. The zero-order chi connectivity index (χ0) is 20.5. The van der Waals surface area contributed by atoms with E-state index in [9.17, 15) is 4.79 Å². The summed E-state index contributed by atoms with van der Waals surface area (Å²) in [4.78, 5) is 18.0. The number of thiophene rings is 2. The minimum atomic E-state index is -0.102. The Kier molecular flexibility index (Phi) is 5.50. The van der Waals surface area contributed by atoms with Gasteiger partial charge in [-0.05, 0) is 59.5 Å². The standard InChI is InChI=1S/C23H24N2O3S2/c1-15(16-4-5-18-19(13-16)28-10-9-27-18)24-22(26)14-25-8-6-20-17(7-12-30-20)23(25)21-3-2-11-29-21/h2-5,7,11-13,15,23H,6,8-10,14H2,1H3,(H,24,26)/t15-,23+/m0/s1. The maximum absolute atomic E-state index is 12.9. The van der Waals surface area contributed by atoms with Gasteiger partial charge < -0.3 is 14.8 Å². The molecule has 0 bridgehead atoms. The van der Waals surface area contributed by atoms with E-state index in [2.05, 4.69) is 39.2 Å². The van der Waals surface area contributed by atoms with Crippen LogP contribution in [0.25, 0.3) is 0 Å². The minimum Gasteiger partial charge on any atom is -0.486 e. The topological polar surface area (TPSA) is 50.8 Å². The Morgan fingerprint density at radius 2 is 2.03 bits per heavy atom. The average molecular weight is 441 g/mol. The largest absolute Gasteiger partial charge is 0.486 e. The van der Waals surface area contributed by atoms with Crippen molar-refractivity contribution in [3.8, 4) is 11.5 Å². The van der Waals surface area contributed by atoms with E-state index in [0.29, 0.717) is 19.8 Å². The van der Waals surface area contributed by atoms with E-state index in [1.807, 2.05) is 36.5 Å². The molecular weight excluding hydrogens is 416 g/mol. The van der Waals surface area contributed by atoms with Crippen LogP contribution in [0, 0.1) is 0 Å². The lowest BCUT2D eigenvalue weighted by atomic mass is 9.98. The summed E-state index contributed by atoms with van der Waals surface area (Å²) in [6, 6.07) is 12.4. The monoisotopic (exact) mass is 440 g/mol. The molecule has 2 aliphatic rings. The number of benzene rings is 1. The molecule has 156 valence electrons. The Bertz CT molecular complexity index is 1030. The lowest BCUT2D eigenvalue weighted by Crippen LogP contribution is -2.43. The molecule has 7 heteroatoms. The van der Waals surface area contributed by atoms with Gasteiger partial charge >= 0.3 is 0 Å². The molecule has 2 aromatic heterocycles. The Morgan fingerprint density at radius 1 is 1.17 bits per heavy atom. The van der Waals surface area contributed by atoms with Gasteiger partial charge in [0.15, 0.2) is 11.5 Å². The SMILES string of the molecule is C[C@H](NC(=O)CN1CCc2sccc2[C@@H]1c1cccs1)c1ccc2c(c1)OCCO2. The third-order valence-corrected chi connectivity index (χ3v) is 7.59. The molecule has 0 unspecified atom stereocenters. The van der Waals surface area contributed by atoms with Gasteiger partial charge in [0.25, 0.3) is 0 Å². The van der Waals surface area contributed by atoms with Crippen LogP contribution in [-0.2, 0) is 11.2 Å². The van der Waals surface area contributed by atoms with Crippen LogP contribution >= 0.6 is 22.7 Å². The predicted octanol–water partition coefficient (Wildman–Crippen LogP) is 4.41. The van der Waals surface area contributed by atoms with Crippen LogP contribution in [0.4, 0.5) is 0 Å². The number of carbonyl (C=O) groups is 1. The Balaban J connectivity index is 1.29. The van der Waals surface area contributed by atoms with Crippen LogP contribution in [0.1, 0.15) is 39.9 Å². The Labute approximate surface area is 184 Å². The summed E-state index contributed by atoms with van der Waals surface area (Å²) in [5.74, 6) is 1.55. The fourth-order valence-electron chi connectivity index (χ4n) is 4.20. The van der Waals surface area contributed by atoms with E-state index in [0.717, 1.165) is 30.0 Å². The number of hydrogen-bond acceptors (Lipinski definition) is 6. The number of fused-ring (bicyclic) bond motifs is 2. The second-order valence-electron chi connectivity index (χ2n) is 7.63. The van der Waals surface area contributed by atoms with Crippen molar-refractivity contribution in [3.05, 3.63) is 68.0 Å². The number of ether oxygens (including phenoxy) is 2. The van der Waals surface area contributed by atoms with E-state index >= 15 is 0 Å². The van der Waals surface area contributed by atoms with E-state index in [4.69, 9.17) is 9.47 Å². The minimum absolute atomic E-state index is 0.0395. The number of nitrogens with zero attached hydrogens (tertiary/aromatic N) is 1. The first-order chi connectivity index (χ1) is 14.7. The van der Waals surface area contributed by atoms with Crippen LogP contribution in [0.2, 0.25) is 0 Å². The van der Waals surface area contributed by atoms with Crippen molar-refractivity contribution in [1.82, 2.24) is 10.2 Å². The normalized spacial score (nSPS) is 19.2. The molecular formula is C23H24N2O3S2. The summed E-state index contributed by atoms with van der Waals surface area (Å²) in [6.45, 7) is 4.41. The molecule has 0 saturated heterocycles. The number of nitrogens with one attached hydrogen (secondary N) is 1. The molecule has 1 amide bonds. The smallest absolute Gasteiger partial charge is 0.234 e. The highest BCUT2D eigenvalue weighted by atomic mass is 32.1. The summed E-state index contributed by atoms with van der Waals surface area (Å²) in [5.41, 5.74) is 2.36. The van der Waals surface area contributed by atoms with Crippen molar-refractivity contribution in [1.29, 1.82) is 0 Å². The second kappa shape index (κ2) is 8.41. The van der Waals surface area contributed by atoms with Crippen LogP contribution in [0.15, 0.2) is 47.2 Å². The van der Waals surface area contributed by atoms with Gasteiger partial charge in [-0.3, -0.25) is 9.69 Å². The van der Waals surface area contributed by atoms with Crippen molar-refractivity contribution in [3.63, 3.8) is 0 Å². The van der Waals surface area contributed by atoms with Crippen LogP contribution in [0.5, 0.6) is 11.5 Å². The molecule has 5 nitrogen and oxygen atoms in total. The summed E-state index contributed by atoms with van der Waals surface area (Å²) in [5, 5.41) is 7.44. The van der Waals surface area contributed by atoms with Gasteiger partial charge in [-0.1, -0.05) is 12.1 Å². The first kappa shape index (κ1) is 19.6. The average Bonchev–Trinajstić information content (AvgIpc) is 3.45. The maximum atomic E-state index is 12.9. The lowest BCUT2D eigenvalue weighted by molar-refractivity contribution is -0.123. The molecule has 5 rings (SSSR count). The van der Waals surface area contributed by atoms with E-state index in [1.54, 1.807) is 11.3 Å². The van der Waals surface area contributed by atoms with E-state index < -0.39 is 0 Å². The fourth-order valence-corrected chi connectivity index (χ4v) is 5.98. The van der Waals surface area contributed by atoms with Gasteiger partial charge in [0.2, 0.25) is 5.91 Å².